The van der Waals surface area contributed by atoms with Crippen LogP contribution < -0.4 is 5.32 Å². The molecule has 0 saturated heterocycles. The van der Waals surface area contributed by atoms with Gasteiger partial charge in [0.2, 0.25) is 0 Å². The van der Waals surface area contributed by atoms with Gasteiger partial charge in [-0.2, -0.15) is 13.2 Å². The molecule has 1 heterocycles. The number of fused-ring (bicyclic) bond motifs is 1. The minimum Gasteiger partial charge on any atom is -0.480 e. The Morgan fingerprint density at radius 3 is 2.61 bits per heavy atom. The Hall–Kier alpha value is -2.58. The third-order valence-corrected chi connectivity index (χ3v) is 3.43. The number of halogens is 3. The average molecular weight is 331 g/mol. The monoisotopic (exact) mass is 331 g/mol. The number of carbonyl (C=O) groups excluding carboxylic acids is 2. The Labute approximate surface area is 128 Å². The number of ether oxygens (including phenoxy) is 1. The average Bonchev–Trinajstić information content (AvgIpc) is 2.89. The van der Waals surface area contributed by atoms with Gasteiger partial charge < -0.3 is 15.2 Å². The summed E-state index contributed by atoms with van der Waals surface area (Å²) >= 11 is 0. The van der Waals surface area contributed by atoms with Gasteiger partial charge in [-0.05, 0) is 30.1 Å². The smallest absolute Gasteiger partial charge is 0.471 e. The molecule has 0 fully saturated rings. The van der Waals surface area contributed by atoms with Crippen LogP contribution in [0.15, 0.2) is 35.3 Å². The maximum Gasteiger partial charge on any atom is 0.471 e. The van der Waals surface area contributed by atoms with E-state index in [1.165, 1.54) is 17.8 Å². The van der Waals surface area contributed by atoms with Gasteiger partial charge in [-0.25, -0.2) is 4.79 Å². The summed E-state index contributed by atoms with van der Waals surface area (Å²) in [5, 5.41) is 10.2. The third kappa shape index (κ3) is 3.79. The first-order valence-corrected chi connectivity index (χ1v) is 6.58. The zero-order valence-corrected chi connectivity index (χ0v) is 11.6. The summed E-state index contributed by atoms with van der Waals surface area (Å²) in [7, 11) is 0. The maximum atomic E-state index is 12.2. The molecule has 0 spiro atoms. The lowest BCUT2D eigenvalue weighted by Crippen LogP contribution is -2.47. The fraction of sp³-hybridized carbons (Fsp3) is 0.357. The van der Waals surface area contributed by atoms with Crippen molar-refractivity contribution in [3.8, 4) is 0 Å². The van der Waals surface area contributed by atoms with Crippen molar-refractivity contribution in [2.75, 3.05) is 0 Å². The van der Waals surface area contributed by atoms with Gasteiger partial charge in [-0.15, -0.1) is 0 Å². The molecule has 6 nitrogen and oxygen atoms in total. The molecular formula is C14H12F3NO5. The Bertz CT molecular complexity index is 645. The van der Waals surface area contributed by atoms with Crippen LogP contribution in [-0.2, 0) is 19.1 Å². The molecule has 1 atom stereocenters. The number of rotatable bonds is 5. The number of carbonyl (C=O) groups is 3. The summed E-state index contributed by atoms with van der Waals surface area (Å²) < 4.78 is 41.6. The standard InChI is InChI=1S/C14H12F3NO5/c15-14(16,17)13(22)18-10(12(20)21)5-11(19)9-2-1-7-6-23-4-3-8(7)9/h3-4,6,10H,1-2,5H2,(H,18,22)(H,20,21). The molecule has 23 heavy (non-hydrogen) atoms. The van der Waals surface area contributed by atoms with E-state index in [1.807, 2.05) is 0 Å². The van der Waals surface area contributed by atoms with E-state index in [9.17, 15) is 27.6 Å². The predicted octanol–water partition coefficient (Wildman–Crippen LogP) is 1.60. The zero-order chi connectivity index (χ0) is 17.2. The van der Waals surface area contributed by atoms with Crippen molar-refractivity contribution in [2.24, 2.45) is 0 Å². The number of alkyl halides is 3. The lowest BCUT2D eigenvalue weighted by atomic mass is 9.99. The van der Waals surface area contributed by atoms with Gasteiger partial charge in [0.05, 0.1) is 12.5 Å². The minimum atomic E-state index is -5.22. The fourth-order valence-electron chi connectivity index (χ4n) is 2.32. The highest BCUT2D eigenvalue weighted by molar-refractivity contribution is 6.01. The zero-order valence-electron chi connectivity index (χ0n) is 11.6. The molecule has 1 unspecified atom stereocenters. The number of ketones is 1. The van der Waals surface area contributed by atoms with Gasteiger partial charge in [-0.3, -0.25) is 9.59 Å². The van der Waals surface area contributed by atoms with Crippen LogP contribution >= 0.6 is 0 Å². The summed E-state index contributed by atoms with van der Waals surface area (Å²) in [5.74, 6) is -4.73. The number of nitrogens with one attached hydrogen (secondary N) is 1. The van der Waals surface area contributed by atoms with E-state index < -0.39 is 36.3 Å². The summed E-state index contributed by atoms with van der Waals surface area (Å²) in [6.45, 7) is 0. The Kier molecular flexibility index (Phi) is 4.57. The second-order valence-corrected chi connectivity index (χ2v) is 4.96. The lowest BCUT2D eigenvalue weighted by molar-refractivity contribution is -0.175. The summed E-state index contributed by atoms with van der Waals surface area (Å²) in [5.41, 5.74) is 1.68. The van der Waals surface area contributed by atoms with Crippen molar-refractivity contribution < 1.29 is 37.4 Å². The largest absolute Gasteiger partial charge is 0.480 e. The topological polar surface area (TPSA) is 92.7 Å². The van der Waals surface area contributed by atoms with Gasteiger partial charge >= 0.3 is 18.1 Å². The molecule has 2 aliphatic rings. The molecule has 0 aromatic carbocycles. The van der Waals surface area contributed by atoms with Crippen molar-refractivity contribution in [1.82, 2.24) is 5.32 Å². The first-order valence-electron chi connectivity index (χ1n) is 6.58. The highest BCUT2D eigenvalue weighted by Crippen LogP contribution is 2.35. The van der Waals surface area contributed by atoms with E-state index in [0.717, 1.165) is 5.57 Å². The van der Waals surface area contributed by atoms with Crippen LogP contribution in [0.3, 0.4) is 0 Å². The third-order valence-electron chi connectivity index (χ3n) is 3.43. The second-order valence-electron chi connectivity index (χ2n) is 4.96. The first kappa shape index (κ1) is 16.8. The van der Waals surface area contributed by atoms with Crippen LogP contribution in [0.5, 0.6) is 0 Å². The molecule has 2 rings (SSSR count). The van der Waals surface area contributed by atoms with E-state index in [0.29, 0.717) is 24.0 Å². The van der Waals surface area contributed by atoms with Crippen LogP contribution in [0.2, 0.25) is 0 Å². The Morgan fingerprint density at radius 2 is 2.00 bits per heavy atom. The molecule has 1 aliphatic heterocycles. The Morgan fingerprint density at radius 1 is 1.30 bits per heavy atom. The molecule has 0 aromatic rings. The SMILES string of the molecule is O=C(CC(NC(=O)C(F)(F)F)C(=O)O)C1=C2C=COC=C2CC1. The van der Waals surface area contributed by atoms with Gasteiger partial charge in [0.1, 0.15) is 6.04 Å². The molecule has 124 valence electrons. The summed E-state index contributed by atoms with van der Waals surface area (Å²) in [6, 6.07) is -1.94. The van der Waals surface area contributed by atoms with Crippen molar-refractivity contribution in [2.45, 2.75) is 31.5 Å². The normalized spacial score (nSPS) is 18.0. The molecule has 1 amide bonds. The molecule has 0 radical (unpaired) electrons. The van der Waals surface area contributed by atoms with Gasteiger partial charge in [0.25, 0.3) is 0 Å². The summed E-state index contributed by atoms with van der Waals surface area (Å²) in [6.07, 6.45) is -0.767. The number of carboxylic acid groups (broad SMARTS) is 1. The van der Waals surface area contributed by atoms with Crippen molar-refractivity contribution >= 4 is 17.7 Å². The van der Waals surface area contributed by atoms with E-state index in [4.69, 9.17) is 9.84 Å². The number of carboxylic acids is 1. The van der Waals surface area contributed by atoms with Crippen molar-refractivity contribution in [3.63, 3.8) is 0 Å². The number of allylic oxidation sites excluding steroid dienone is 4. The van der Waals surface area contributed by atoms with Crippen molar-refractivity contribution in [1.29, 1.82) is 0 Å². The molecule has 9 heteroatoms. The number of amides is 1. The lowest BCUT2D eigenvalue weighted by Gasteiger charge is -2.15. The van der Waals surface area contributed by atoms with E-state index in [-0.39, 0.29) is 0 Å². The van der Waals surface area contributed by atoms with Crippen LogP contribution in [0.25, 0.3) is 0 Å². The van der Waals surface area contributed by atoms with Gasteiger partial charge in [0, 0.05) is 12.0 Å². The quantitative estimate of drug-likeness (QED) is 0.798. The van der Waals surface area contributed by atoms with Gasteiger partial charge in [-0.1, -0.05) is 0 Å². The van der Waals surface area contributed by atoms with E-state index >= 15 is 0 Å². The molecular weight excluding hydrogens is 319 g/mol. The Balaban J connectivity index is 2.12. The van der Waals surface area contributed by atoms with Crippen LogP contribution in [0.1, 0.15) is 19.3 Å². The van der Waals surface area contributed by atoms with E-state index in [2.05, 4.69) is 0 Å². The van der Waals surface area contributed by atoms with Crippen LogP contribution in [-0.4, -0.2) is 35.0 Å². The summed E-state index contributed by atoms with van der Waals surface area (Å²) in [4.78, 5) is 34.0. The molecule has 0 saturated carbocycles. The molecule has 1 aliphatic carbocycles. The van der Waals surface area contributed by atoms with E-state index in [1.54, 1.807) is 6.08 Å². The number of Topliss-reactive ketones (excluding diaryl/α,β-unsaturated/α-hetero) is 1. The first-order chi connectivity index (χ1) is 10.7. The molecule has 2 N–H and O–H groups in total. The number of hydrogen-bond acceptors (Lipinski definition) is 4. The fourth-order valence-corrected chi connectivity index (χ4v) is 2.32. The van der Waals surface area contributed by atoms with Crippen LogP contribution in [0, 0.1) is 0 Å². The van der Waals surface area contributed by atoms with Crippen molar-refractivity contribution in [3.05, 3.63) is 35.3 Å². The number of hydrogen-bond donors (Lipinski definition) is 2. The maximum absolute atomic E-state index is 12.2. The van der Waals surface area contributed by atoms with Crippen LogP contribution in [0.4, 0.5) is 13.2 Å². The highest BCUT2D eigenvalue weighted by Gasteiger charge is 2.41. The number of aliphatic carboxylic acids is 1. The minimum absolute atomic E-state index is 0.323. The highest BCUT2D eigenvalue weighted by atomic mass is 19.4. The second kappa shape index (κ2) is 6.27. The molecule has 0 bridgehead atoms. The van der Waals surface area contributed by atoms with Gasteiger partial charge in [0.15, 0.2) is 5.78 Å². The molecule has 0 aromatic heterocycles. The predicted molar refractivity (Wildman–Crippen MR) is 69.8 cm³/mol.